The minimum absolute atomic E-state index is 0.440. The van der Waals surface area contributed by atoms with Gasteiger partial charge in [0.1, 0.15) is 4.21 Å². The van der Waals surface area contributed by atoms with E-state index in [1.807, 2.05) is 6.92 Å². The molecule has 3 nitrogen and oxygen atoms in total. The summed E-state index contributed by atoms with van der Waals surface area (Å²) in [6.45, 7) is 3.12. The lowest BCUT2D eigenvalue weighted by atomic mass is 10.2. The quantitative estimate of drug-likeness (QED) is 0.711. The van der Waals surface area contributed by atoms with Crippen LogP contribution in [0.3, 0.4) is 0 Å². The van der Waals surface area contributed by atoms with Crippen LogP contribution in [0.5, 0.6) is 0 Å². The summed E-state index contributed by atoms with van der Waals surface area (Å²) in [7, 11) is -3.29. The zero-order valence-corrected chi connectivity index (χ0v) is 14.1. The Bertz CT molecular complexity index is 485. The van der Waals surface area contributed by atoms with Crippen LogP contribution in [0.25, 0.3) is 0 Å². The molecule has 0 amide bonds. The highest BCUT2D eigenvalue weighted by Crippen LogP contribution is 2.33. The normalized spacial score (nSPS) is 19.7. The van der Waals surface area contributed by atoms with Crippen molar-refractivity contribution >= 4 is 53.2 Å². The standard InChI is InChI=1S/C10H13Br2NO2S2/c1-7-6-9(16-10(7)12)17(14,15)13-4-2-8(11)3-5-13/h6,8H,2-5H2,1H3. The fourth-order valence-electron chi connectivity index (χ4n) is 1.75. The summed E-state index contributed by atoms with van der Waals surface area (Å²) in [4.78, 5) is 0.450. The average Bonchev–Trinajstić information content (AvgIpc) is 2.60. The highest BCUT2D eigenvalue weighted by molar-refractivity contribution is 9.11. The Labute approximate surface area is 123 Å². The Morgan fingerprint density at radius 1 is 1.41 bits per heavy atom. The molecule has 1 aliphatic heterocycles. The molecule has 0 spiro atoms. The van der Waals surface area contributed by atoms with Gasteiger partial charge in [0.05, 0.1) is 3.79 Å². The molecule has 0 aromatic carbocycles. The number of hydrogen-bond acceptors (Lipinski definition) is 3. The smallest absolute Gasteiger partial charge is 0.206 e. The number of nitrogens with zero attached hydrogens (tertiary/aromatic N) is 1. The van der Waals surface area contributed by atoms with Gasteiger partial charge in [-0.25, -0.2) is 8.42 Å². The van der Waals surface area contributed by atoms with Gasteiger partial charge in [0.2, 0.25) is 0 Å². The second kappa shape index (κ2) is 5.28. The van der Waals surface area contributed by atoms with Crippen molar-refractivity contribution in [3.8, 4) is 0 Å². The first kappa shape index (κ1) is 14.0. The maximum atomic E-state index is 12.4. The second-order valence-corrected chi connectivity index (χ2v) is 9.93. The van der Waals surface area contributed by atoms with Gasteiger partial charge in [0.25, 0.3) is 10.0 Å². The molecule has 0 aliphatic carbocycles. The number of rotatable bonds is 2. The van der Waals surface area contributed by atoms with E-state index in [2.05, 4.69) is 31.9 Å². The zero-order chi connectivity index (χ0) is 12.6. The van der Waals surface area contributed by atoms with Crippen molar-refractivity contribution in [1.29, 1.82) is 0 Å². The predicted molar refractivity (Wildman–Crippen MR) is 77.5 cm³/mol. The predicted octanol–water partition coefficient (Wildman–Crippen LogP) is 3.37. The highest BCUT2D eigenvalue weighted by Gasteiger charge is 2.30. The maximum absolute atomic E-state index is 12.4. The van der Waals surface area contributed by atoms with Crippen molar-refractivity contribution in [1.82, 2.24) is 4.31 Å². The molecule has 7 heteroatoms. The Morgan fingerprint density at radius 3 is 2.47 bits per heavy atom. The van der Waals surface area contributed by atoms with Gasteiger partial charge >= 0.3 is 0 Å². The van der Waals surface area contributed by atoms with E-state index < -0.39 is 10.0 Å². The molecule has 2 rings (SSSR count). The van der Waals surface area contributed by atoms with Gasteiger partial charge in [0.15, 0.2) is 0 Å². The molecule has 0 bridgehead atoms. The molecule has 0 radical (unpaired) electrons. The number of hydrogen-bond donors (Lipinski definition) is 0. The van der Waals surface area contributed by atoms with Crippen LogP contribution in [0, 0.1) is 6.92 Å². The molecule has 0 N–H and O–H groups in total. The third-order valence-corrected chi connectivity index (χ3v) is 8.21. The van der Waals surface area contributed by atoms with Gasteiger partial charge in [-0.1, -0.05) is 15.9 Å². The molecule has 0 unspecified atom stereocenters. The first-order chi connectivity index (χ1) is 7.91. The monoisotopic (exact) mass is 401 g/mol. The summed E-state index contributed by atoms with van der Waals surface area (Å²) in [5, 5.41) is 0. The summed E-state index contributed by atoms with van der Waals surface area (Å²) in [6.07, 6.45) is 1.76. The van der Waals surface area contributed by atoms with Crippen LogP contribution in [-0.4, -0.2) is 30.6 Å². The third-order valence-electron chi connectivity index (χ3n) is 2.81. The summed E-state index contributed by atoms with van der Waals surface area (Å²) < 4.78 is 27.6. The van der Waals surface area contributed by atoms with E-state index in [9.17, 15) is 8.42 Å². The topological polar surface area (TPSA) is 37.4 Å². The summed E-state index contributed by atoms with van der Waals surface area (Å²) in [5.41, 5.74) is 0.976. The van der Waals surface area contributed by atoms with Crippen LogP contribution in [0.4, 0.5) is 0 Å². The largest absolute Gasteiger partial charge is 0.252 e. The van der Waals surface area contributed by atoms with Crippen LogP contribution in [-0.2, 0) is 10.0 Å². The van der Waals surface area contributed by atoms with Gasteiger partial charge in [-0.15, -0.1) is 11.3 Å². The van der Waals surface area contributed by atoms with Crippen LogP contribution in [0.15, 0.2) is 14.1 Å². The van der Waals surface area contributed by atoms with Gasteiger partial charge in [-0.05, 0) is 47.3 Å². The Balaban J connectivity index is 2.24. The van der Waals surface area contributed by atoms with E-state index in [-0.39, 0.29) is 0 Å². The first-order valence-corrected chi connectivity index (χ1v) is 9.28. The van der Waals surface area contributed by atoms with Crippen molar-refractivity contribution < 1.29 is 8.42 Å². The van der Waals surface area contributed by atoms with E-state index in [0.29, 0.717) is 22.1 Å². The molecule has 1 aromatic rings. The number of alkyl halides is 1. The number of aryl methyl sites for hydroxylation is 1. The molecular formula is C10H13Br2NO2S2. The molecule has 1 saturated heterocycles. The first-order valence-electron chi connectivity index (χ1n) is 5.31. The molecule has 0 atom stereocenters. The molecule has 0 saturated carbocycles. The lowest BCUT2D eigenvalue weighted by Gasteiger charge is -2.28. The van der Waals surface area contributed by atoms with E-state index in [0.717, 1.165) is 22.2 Å². The van der Waals surface area contributed by atoms with Crippen molar-refractivity contribution in [2.45, 2.75) is 28.8 Å². The van der Waals surface area contributed by atoms with E-state index in [1.165, 1.54) is 11.3 Å². The maximum Gasteiger partial charge on any atom is 0.252 e. The average molecular weight is 403 g/mol. The molecule has 1 aromatic heterocycles. The van der Waals surface area contributed by atoms with Crippen molar-refractivity contribution in [3.05, 3.63) is 15.4 Å². The fourth-order valence-corrected chi connectivity index (χ4v) is 6.01. The second-order valence-electron chi connectivity index (χ2n) is 4.10. The Hall–Kier alpha value is 0.570. The van der Waals surface area contributed by atoms with Crippen LogP contribution in [0.2, 0.25) is 0 Å². The number of halogens is 2. The Morgan fingerprint density at radius 2 is 2.00 bits per heavy atom. The van der Waals surface area contributed by atoms with Gasteiger partial charge in [-0.2, -0.15) is 4.31 Å². The van der Waals surface area contributed by atoms with Crippen LogP contribution >= 0.6 is 43.2 Å². The molecular weight excluding hydrogens is 390 g/mol. The molecule has 2 heterocycles. The summed E-state index contributed by atoms with van der Waals surface area (Å²) >= 11 is 8.19. The van der Waals surface area contributed by atoms with E-state index in [1.54, 1.807) is 10.4 Å². The molecule has 17 heavy (non-hydrogen) atoms. The van der Waals surface area contributed by atoms with E-state index >= 15 is 0 Å². The van der Waals surface area contributed by atoms with E-state index in [4.69, 9.17) is 0 Å². The third kappa shape index (κ3) is 2.94. The number of piperidine rings is 1. The van der Waals surface area contributed by atoms with Gasteiger partial charge in [0, 0.05) is 17.9 Å². The highest BCUT2D eigenvalue weighted by atomic mass is 79.9. The minimum Gasteiger partial charge on any atom is -0.206 e. The van der Waals surface area contributed by atoms with Crippen molar-refractivity contribution in [3.63, 3.8) is 0 Å². The lowest BCUT2D eigenvalue weighted by Crippen LogP contribution is -2.38. The number of thiophene rings is 1. The Kier molecular flexibility index (Phi) is 4.35. The van der Waals surface area contributed by atoms with Crippen molar-refractivity contribution in [2.75, 3.05) is 13.1 Å². The minimum atomic E-state index is -3.29. The van der Waals surface area contributed by atoms with Crippen molar-refractivity contribution in [2.24, 2.45) is 0 Å². The number of sulfonamides is 1. The van der Waals surface area contributed by atoms with Crippen LogP contribution < -0.4 is 0 Å². The SMILES string of the molecule is Cc1cc(S(=O)(=O)N2CCC(Br)CC2)sc1Br. The summed E-state index contributed by atoms with van der Waals surface area (Å²) in [5.74, 6) is 0. The molecule has 1 fully saturated rings. The zero-order valence-electron chi connectivity index (χ0n) is 9.32. The summed E-state index contributed by atoms with van der Waals surface area (Å²) in [6, 6.07) is 1.74. The fraction of sp³-hybridized carbons (Fsp3) is 0.600. The molecule has 1 aliphatic rings. The van der Waals surface area contributed by atoms with Gasteiger partial charge < -0.3 is 0 Å². The lowest BCUT2D eigenvalue weighted by molar-refractivity contribution is 0.355. The molecule has 96 valence electrons. The van der Waals surface area contributed by atoms with Crippen LogP contribution in [0.1, 0.15) is 18.4 Å². The van der Waals surface area contributed by atoms with Gasteiger partial charge in [-0.3, -0.25) is 0 Å².